The molecule has 0 bridgehead atoms. The van der Waals surface area contributed by atoms with Crippen molar-refractivity contribution >= 4 is 17.5 Å². The smallest absolute Gasteiger partial charge is 0.240 e. The van der Waals surface area contributed by atoms with Gasteiger partial charge in [0.05, 0.1) is 11.1 Å². The molecule has 1 fully saturated rings. The molecule has 2 rings (SSSR count). The number of nitrogens with two attached hydrogens (primary N) is 1. The van der Waals surface area contributed by atoms with Gasteiger partial charge in [0.25, 0.3) is 0 Å². The summed E-state index contributed by atoms with van der Waals surface area (Å²) in [4.78, 5) is 25.6. The lowest BCUT2D eigenvalue weighted by atomic mass is 9.81. The summed E-state index contributed by atoms with van der Waals surface area (Å²) in [7, 11) is 0. The summed E-state index contributed by atoms with van der Waals surface area (Å²) in [5, 5.41) is 0. The van der Waals surface area contributed by atoms with Gasteiger partial charge in [0.2, 0.25) is 11.8 Å². The van der Waals surface area contributed by atoms with E-state index >= 15 is 0 Å². The van der Waals surface area contributed by atoms with Gasteiger partial charge in [0.15, 0.2) is 0 Å². The van der Waals surface area contributed by atoms with Crippen LogP contribution in [0.15, 0.2) is 18.2 Å². The molecule has 0 aliphatic carbocycles. The third-order valence-corrected chi connectivity index (χ3v) is 4.24. The molecule has 1 aromatic rings. The zero-order chi connectivity index (χ0) is 14.9. The number of carbonyl (C=O) groups excluding carboxylic acids is 2. The molecule has 0 radical (unpaired) electrons. The lowest BCUT2D eigenvalue weighted by molar-refractivity contribution is -0.126. The van der Waals surface area contributed by atoms with Crippen molar-refractivity contribution in [1.82, 2.24) is 0 Å². The Bertz CT molecular complexity index is 553. The number of imide groups is 1. The average Bonchev–Trinajstić information content (AvgIpc) is 2.70. The van der Waals surface area contributed by atoms with E-state index in [1.54, 1.807) is 6.07 Å². The van der Waals surface area contributed by atoms with Crippen LogP contribution in [0.2, 0.25) is 0 Å². The predicted molar refractivity (Wildman–Crippen MR) is 74.4 cm³/mol. The molecule has 4 nitrogen and oxygen atoms in total. The molecule has 1 saturated heterocycles. The Morgan fingerprint density at radius 3 is 2.40 bits per heavy atom. The molecule has 0 atom stereocenters. The summed E-state index contributed by atoms with van der Waals surface area (Å²) in [6.45, 7) is 3.98. The number of nitrogens with zero attached hydrogens (tertiary/aromatic N) is 1. The molecular formula is C15H19FN2O2. The van der Waals surface area contributed by atoms with E-state index in [0.29, 0.717) is 18.4 Å². The number of amides is 2. The fraction of sp³-hybridized carbons (Fsp3) is 0.467. The third-order valence-electron chi connectivity index (χ3n) is 4.24. The minimum atomic E-state index is -0.684. The van der Waals surface area contributed by atoms with E-state index in [4.69, 9.17) is 5.73 Å². The highest BCUT2D eigenvalue weighted by Gasteiger charge is 2.50. The molecule has 108 valence electrons. The highest BCUT2D eigenvalue weighted by molar-refractivity contribution is 6.22. The van der Waals surface area contributed by atoms with Crippen LogP contribution < -0.4 is 10.6 Å². The van der Waals surface area contributed by atoms with Crippen molar-refractivity contribution in [3.63, 3.8) is 0 Å². The largest absolute Gasteiger partial charge is 0.326 e. The Hall–Kier alpha value is -1.75. The SMILES string of the molecule is CCC1(CC)CC(=O)N(c2ccc(CN)cc2F)C1=O. The summed E-state index contributed by atoms with van der Waals surface area (Å²) >= 11 is 0. The number of halogens is 1. The van der Waals surface area contributed by atoms with E-state index < -0.39 is 11.2 Å². The first-order valence-corrected chi connectivity index (χ1v) is 6.85. The fourth-order valence-electron chi connectivity index (χ4n) is 2.70. The van der Waals surface area contributed by atoms with Gasteiger partial charge in [-0.25, -0.2) is 9.29 Å². The standard InChI is InChI=1S/C15H19FN2O2/c1-3-15(4-2)8-13(19)18(14(15)20)12-6-5-10(9-17)7-11(12)16/h5-7H,3-4,8-9,17H2,1-2H3. The molecule has 1 aromatic carbocycles. The second-order valence-corrected chi connectivity index (χ2v) is 5.19. The van der Waals surface area contributed by atoms with Gasteiger partial charge in [0.1, 0.15) is 5.82 Å². The molecule has 1 aliphatic rings. The van der Waals surface area contributed by atoms with Crippen LogP contribution >= 0.6 is 0 Å². The zero-order valence-corrected chi connectivity index (χ0v) is 11.8. The number of anilines is 1. The number of hydrogen-bond acceptors (Lipinski definition) is 3. The van der Waals surface area contributed by atoms with Gasteiger partial charge in [-0.05, 0) is 30.5 Å². The Balaban J connectivity index is 2.43. The lowest BCUT2D eigenvalue weighted by Gasteiger charge is -2.23. The summed E-state index contributed by atoms with van der Waals surface area (Å²) in [5.41, 5.74) is 5.42. The molecular weight excluding hydrogens is 259 g/mol. The molecule has 1 aliphatic heterocycles. The maximum atomic E-state index is 14.1. The van der Waals surface area contributed by atoms with Crippen molar-refractivity contribution in [3.8, 4) is 0 Å². The van der Waals surface area contributed by atoms with Gasteiger partial charge in [-0.3, -0.25) is 9.59 Å². The molecule has 0 saturated carbocycles. The third kappa shape index (κ3) is 2.12. The van der Waals surface area contributed by atoms with Crippen molar-refractivity contribution in [2.45, 2.75) is 39.7 Å². The number of rotatable bonds is 4. The van der Waals surface area contributed by atoms with Crippen LogP contribution in [0.3, 0.4) is 0 Å². The van der Waals surface area contributed by atoms with Crippen molar-refractivity contribution in [2.75, 3.05) is 4.90 Å². The average molecular weight is 278 g/mol. The molecule has 2 N–H and O–H groups in total. The Morgan fingerprint density at radius 2 is 1.95 bits per heavy atom. The molecule has 20 heavy (non-hydrogen) atoms. The Morgan fingerprint density at radius 1 is 1.30 bits per heavy atom. The second-order valence-electron chi connectivity index (χ2n) is 5.19. The number of hydrogen-bond donors (Lipinski definition) is 1. The first-order chi connectivity index (χ1) is 9.49. The number of benzene rings is 1. The van der Waals surface area contributed by atoms with Gasteiger partial charge < -0.3 is 5.73 Å². The van der Waals surface area contributed by atoms with Crippen molar-refractivity contribution in [1.29, 1.82) is 0 Å². The van der Waals surface area contributed by atoms with E-state index in [1.165, 1.54) is 12.1 Å². The molecule has 0 unspecified atom stereocenters. The minimum Gasteiger partial charge on any atom is -0.326 e. The van der Waals surface area contributed by atoms with Crippen molar-refractivity contribution in [3.05, 3.63) is 29.6 Å². The van der Waals surface area contributed by atoms with Crippen LogP contribution in [0.25, 0.3) is 0 Å². The topological polar surface area (TPSA) is 63.4 Å². The zero-order valence-electron chi connectivity index (χ0n) is 11.8. The lowest BCUT2D eigenvalue weighted by Crippen LogP contribution is -2.35. The van der Waals surface area contributed by atoms with Gasteiger partial charge in [-0.1, -0.05) is 19.9 Å². The molecule has 0 spiro atoms. The molecule has 1 heterocycles. The van der Waals surface area contributed by atoms with Crippen LogP contribution in [0.5, 0.6) is 0 Å². The second kappa shape index (κ2) is 5.32. The van der Waals surface area contributed by atoms with E-state index in [-0.39, 0.29) is 30.5 Å². The monoisotopic (exact) mass is 278 g/mol. The van der Waals surface area contributed by atoms with E-state index in [9.17, 15) is 14.0 Å². The highest BCUT2D eigenvalue weighted by atomic mass is 19.1. The molecule has 5 heteroatoms. The van der Waals surface area contributed by atoms with Crippen LogP contribution in [-0.4, -0.2) is 11.8 Å². The normalized spacial score (nSPS) is 17.9. The Kier molecular flexibility index (Phi) is 3.90. The number of carbonyl (C=O) groups is 2. The van der Waals surface area contributed by atoms with E-state index in [1.807, 2.05) is 13.8 Å². The first-order valence-electron chi connectivity index (χ1n) is 6.85. The maximum absolute atomic E-state index is 14.1. The van der Waals surface area contributed by atoms with Gasteiger partial charge in [-0.2, -0.15) is 0 Å². The van der Waals surface area contributed by atoms with Gasteiger partial charge in [-0.15, -0.1) is 0 Å². The molecule has 2 amide bonds. The van der Waals surface area contributed by atoms with Crippen LogP contribution in [0, 0.1) is 11.2 Å². The fourth-order valence-corrected chi connectivity index (χ4v) is 2.70. The van der Waals surface area contributed by atoms with Gasteiger partial charge >= 0.3 is 0 Å². The van der Waals surface area contributed by atoms with Crippen LogP contribution in [0.1, 0.15) is 38.7 Å². The van der Waals surface area contributed by atoms with Crippen molar-refractivity contribution < 1.29 is 14.0 Å². The maximum Gasteiger partial charge on any atom is 0.240 e. The molecule has 0 aromatic heterocycles. The van der Waals surface area contributed by atoms with Crippen molar-refractivity contribution in [2.24, 2.45) is 11.1 Å². The van der Waals surface area contributed by atoms with Crippen LogP contribution in [0.4, 0.5) is 10.1 Å². The Labute approximate surface area is 117 Å². The summed E-state index contributed by atoms with van der Waals surface area (Å²) < 4.78 is 14.1. The summed E-state index contributed by atoms with van der Waals surface area (Å²) in [6, 6.07) is 4.36. The van der Waals surface area contributed by atoms with Crippen LogP contribution in [-0.2, 0) is 16.1 Å². The quantitative estimate of drug-likeness (QED) is 0.860. The van der Waals surface area contributed by atoms with E-state index in [2.05, 4.69) is 0 Å². The summed E-state index contributed by atoms with van der Waals surface area (Å²) in [6.07, 6.45) is 1.30. The predicted octanol–water partition coefficient (Wildman–Crippen LogP) is 2.35. The van der Waals surface area contributed by atoms with Gasteiger partial charge in [0, 0.05) is 13.0 Å². The minimum absolute atomic E-state index is 0.0287. The van der Waals surface area contributed by atoms with E-state index in [0.717, 1.165) is 4.90 Å². The summed E-state index contributed by atoms with van der Waals surface area (Å²) in [5.74, 6) is -1.22. The highest BCUT2D eigenvalue weighted by Crippen LogP contribution is 2.41. The first kappa shape index (κ1) is 14.7.